The smallest absolute Gasteiger partial charge is 0.460 e. The van der Waals surface area contributed by atoms with E-state index < -0.39 is 71.9 Å². The second-order valence-corrected chi connectivity index (χ2v) is 36.2. The highest BCUT2D eigenvalue weighted by Crippen LogP contribution is 2.61. The van der Waals surface area contributed by atoms with Crippen molar-refractivity contribution in [2.45, 2.75) is 331 Å². The zero-order valence-corrected chi connectivity index (χ0v) is 54.2. The van der Waals surface area contributed by atoms with Gasteiger partial charge in [0.1, 0.15) is 23.7 Å². The Kier molecular flexibility index (Phi) is 29.1. The van der Waals surface area contributed by atoms with Crippen LogP contribution in [0.3, 0.4) is 0 Å². The van der Waals surface area contributed by atoms with E-state index in [9.17, 15) is 61.9 Å². The molecule has 1 aromatic rings. The summed E-state index contributed by atoms with van der Waals surface area (Å²) in [5, 5.41) is 0.00777. The molecule has 22 heteroatoms. The van der Waals surface area contributed by atoms with Crippen molar-refractivity contribution in [1.82, 2.24) is 0 Å². The van der Waals surface area contributed by atoms with Crippen LogP contribution in [0.2, 0.25) is 36.3 Å². The third kappa shape index (κ3) is 21.6. The molecule has 6 atom stereocenters. The minimum Gasteiger partial charge on any atom is -0.494 e. The number of benzene rings is 1. The Balaban J connectivity index is 1.63. The van der Waals surface area contributed by atoms with E-state index in [2.05, 4.69) is 74.7 Å². The molecule has 1 fully saturated rings. The molecule has 7 nitrogen and oxygen atoms in total. The first kappa shape index (κ1) is 75.7. The number of ether oxygens (including phenoxy) is 4. The van der Waals surface area contributed by atoms with Crippen molar-refractivity contribution in [3.05, 3.63) is 35.9 Å². The molecule has 0 saturated carbocycles. The summed E-state index contributed by atoms with van der Waals surface area (Å²) >= 11 is 0. The molecule has 0 N–H and O–H groups in total. The maximum Gasteiger partial charge on any atom is 0.460 e. The molecule has 2 aliphatic heterocycles. The van der Waals surface area contributed by atoms with Gasteiger partial charge >= 0.3 is 41.8 Å². The number of rotatable bonds is 41. The number of esters is 1. The normalized spacial score (nSPS) is 19.4. The van der Waals surface area contributed by atoms with Crippen molar-refractivity contribution in [2.24, 2.45) is 0 Å². The van der Waals surface area contributed by atoms with E-state index in [1.54, 1.807) is 0 Å². The van der Waals surface area contributed by atoms with Crippen molar-refractivity contribution in [1.29, 1.82) is 0 Å². The van der Waals surface area contributed by atoms with Crippen molar-refractivity contribution in [3.8, 4) is 11.5 Å². The Bertz CT molecular complexity index is 2110. The summed E-state index contributed by atoms with van der Waals surface area (Å²) in [7, 11) is -4.30. The van der Waals surface area contributed by atoms with Crippen LogP contribution in [-0.4, -0.2) is 102 Å². The molecule has 0 aliphatic carbocycles. The standard InChI is InChI=1S/C62H101F13O7Si2/c1-13-14-15-16-17-18-19-23-26-29-33-50(79-48-37-35-47(36-38-48)77-42-31-41-57(63,64)58(65,66)59(67,68)60(69,70)61(71,72)62(73,74)75)51-39-40-52(80-51)53(82-84(11,12)56(6,7)8)34-30-27-24-21-20-22-25-28-32-49(81-83(9,10)55(3,4)5)44-46-43-45(2)78-54(46)76/h35-38,43,45,49-53H,13-34,39-42,44H2,1-12H3/t45-,49+,50+,51+,52+,53+/m0/s1. The van der Waals surface area contributed by atoms with Crippen molar-refractivity contribution in [2.75, 3.05) is 6.61 Å². The Hall–Kier alpha value is -2.57. The van der Waals surface area contributed by atoms with Gasteiger partial charge in [-0.05, 0) is 118 Å². The highest BCUT2D eigenvalue weighted by Gasteiger charge is 2.90. The van der Waals surface area contributed by atoms with Crippen LogP contribution >= 0.6 is 0 Å². The number of carbonyl (C=O) groups excluding carboxylic acids is 1. The van der Waals surface area contributed by atoms with Crippen LogP contribution in [0, 0.1) is 0 Å². The number of unbranched alkanes of at least 4 members (excludes halogenated alkanes) is 16. The zero-order valence-electron chi connectivity index (χ0n) is 52.2. The van der Waals surface area contributed by atoms with Crippen molar-refractivity contribution in [3.63, 3.8) is 0 Å². The number of hydrogen-bond donors (Lipinski definition) is 0. The van der Waals surface area contributed by atoms with E-state index in [1.807, 2.05) is 13.0 Å². The van der Waals surface area contributed by atoms with Gasteiger partial charge in [0, 0.05) is 24.5 Å². The molecular formula is C62H101F13O7Si2. The molecule has 1 aromatic carbocycles. The Labute approximate surface area is 495 Å². The van der Waals surface area contributed by atoms with Gasteiger partial charge in [0.25, 0.3) is 0 Å². The molecule has 490 valence electrons. The first-order valence-corrected chi connectivity index (χ1v) is 36.8. The van der Waals surface area contributed by atoms with E-state index >= 15 is 0 Å². The fraction of sp³-hybridized carbons (Fsp3) is 0.855. The summed E-state index contributed by atoms with van der Waals surface area (Å²) in [6.07, 6.45) is 14.2. The molecule has 0 amide bonds. The third-order valence-corrected chi connectivity index (χ3v) is 26.5. The molecule has 0 unspecified atom stereocenters. The number of alkyl halides is 13. The molecule has 0 radical (unpaired) electrons. The molecule has 0 bridgehead atoms. The number of hydrogen-bond acceptors (Lipinski definition) is 7. The van der Waals surface area contributed by atoms with E-state index in [-0.39, 0.29) is 58.4 Å². The summed E-state index contributed by atoms with van der Waals surface area (Å²) in [5.41, 5.74) is 0.718. The lowest BCUT2D eigenvalue weighted by molar-refractivity contribution is -0.440. The van der Waals surface area contributed by atoms with Crippen LogP contribution < -0.4 is 9.47 Å². The predicted molar refractivity (Wildman–Crippen MR) is 309 cm³/mol. The van der Waals surface area contributed by atoms with Gasteiger partial charge < -0.3 is 27.8 Å². The predicted octanol–water partition coefficient (Wildman–Crippen LogP) is 21.1. The first-order chi connectivity index (χ1) is 38.7. The number of carbonyl (C=O) groups is 1. The SMILES string of the molecule is CCCCCCCCCCCC[C@@H](Oc1ccc(OCCCC(F)(F)C(F)(F)C(F)(F)C(F)(F)C(F)(F)C(F)(F)F)cc1)[C@H]1CC[C@H]([C@@H](CCCCCCCCCC[C@H](CC2=C[C@H](C)OC2=O)O[Si](C)(C)C(C)(C)C)O[Si](C)(C)C(C)(C)C)O1. The molecule has 3 rings (SSSR count). The maximum absolute atomic E-state index is 14.4. The average molecular weight is 1260 g/mol. The minimum atomic E-state index is -7.93. The third-order valence-electron chi connectivity index (χ3n) is 17.5. The molecule has 0 spiro atoms. The molecule has 2 heterocycles. The molecular weight excluding hydrogens is 1160 g/mol. The van der Waals surface area contributed by atoms with E-state index in [4.69, 9.17) is 27.8 Å². The first-order valence-electron chi connectivity index (χ1n) is 30.9. The van der Waals surface area contributed by atoms with Gasteiger partial charge in [-0.2, -0.15) is 57.1 Å². The summed E-state index contributed by atoms with van der Waals surface area (Å²) in [4.78, 5) is 12.5. The highest BCUT2D eigenvalue weighted by atomic mass is 28.4. The monoisotopic (exact) mass is 1260 g/mol. The maximum atomic E-state index is 14.4. The van der Waals surface area contributed by atoms with Crippen molar-refractivity contribution >= 4 is 22.6 Å². The lowest BCUT2D eigenvalue weighted by Gasteiger charge is -2.41. The van der Waals surface area contributed by atoms with E-state index in [0.717, 1.165) is 108 Å². The number of cyclic esters (lactones) is 1. The topological polar surface area (TPSA) is 72.5 Å². The fourth-order valence-corrected chi connectivity index (χ4v) is 12.9. The largest absolute Gasteiger partial charge is 0.494 e. The lowest BCUT2D eigenvalue weighted by Crippen LogP contribution is -2.70. The van der Waals surface area contributed by atoms with Crippen LogP contribution in [0.1, 0.15) is 222 Å². The van der Waals surface area contributed by atoms with Gasteiger partial charge in [-0.25, -0.2) is 4.79 Å². The highest BCUT2D eigenvalue weighted by molar-refractivity contribution is 6.74. The zero-order chi connectivity index (χ0) is 63.6. The molecule has 0 aromatic heterocycles. The summed E-state index contributed by atoms with van der Waals surface area (Å²) in [6, 6.07) is 5.77. The molecule has 2 aliphatic rings. The summed E-state index contributed by atoms with van der Waals surface area (Å²) < 4.78 is 215. The van der Waals surface area contributed by atoms with Crippen LogP contribution in [0.15, 0.2) is 35.9 Å². The number of halogens is 13. The minimum absolute atomic E-state index is 0.0145. The van der Waals surface area contributed by atoms with Crippen LogP contribution in [0.25, 0.3) is 0 Å². The Morgan fingerprint density at radius 3 is 1.40 bits per heavy atom. The van der Waals surface area contributed by atoms with Crippen LogP contribution in [0.4, 0.5) is 57.1 Å². The van der Waals surface area contributed by atoms with Gasteiger partial charge in [-0.1, -0.05) is 158 Å². The molecule has 1 saturated heterocycles. The van der Waals surface area contributed by atoms with Crippen molar-refractivity contribution < 1.29 is 89.7 Å². The quantitative estimate of drug-likeness (QED) is 0.0280. The van der Waals surface area contributed by atoms with Crippen LogP contribution in [-0.2, 0) is 23.1 Å². The van der Waals surface area contributed by atoms with Gasteiger partial charge in [0.15, 0.2) is 16.6 Å². The second kappa shape index (κ2) is 32.3. The van der Waals surface area contributed by atoms with E-state index in [1.165, 1.54) is 62.8 Å². The van der Waals surface area contributed by atoms with Crippen LogP contribution in [0.5, 0.6) is 11.5 Å². The average Bonchev–Trinajstić information content (AvgIpc) is 1.16. The van der Waals surface area contributed by atoms with Gasteiger partial charge in [-0.15, -0.1) is 0 Å². The summed E-state index contributed by atoms with van der Waals surface area (Å²) in [6.45, 7) is 25.5. The summed E-state index contributed by atoms with van der Waals surface area (Å²) in [5.74, 6) is -36.9. The van der Waals surface area contributed by atoms with Gasteiger partial charge in [-0.3, -0.25) is 0 Å². The van der Waals surface area contributed by atoms with Gasteiger partial charge in [0.2, 0.25) is 0 Å². The Morgan fingerprint density at radius 2 is 0.952 bits per heavy atom. The van der Waals surface area contributed by atoms with Gasteiger partial charge in [0.05, 0.1) is 24.9 Å². The second-order valence-electron chi connectivity index (χ2n) is 26.7. The van der Waals surface area contributed by atoms with E-state index in [0.29, 0.717) is 18.6 Å². The lowest BCUT2D eigenvalue weighted by atomic mass is 9.92. The molecule has 84 heavy (non-hydrogen) atoms. The fourth-order valence-electron chi connectivity index (χ4n) is 10.1. The Morgan fingerprint density at radius 1 is 0.536 bits per heavy atom.